The molecule has 0 aliphatic carbocycles. The normalized spacial score (nSPS) is 11.4. The summed E-state index contributed by atoms with van der Waals surface area (Å²) in [7, 11) is 0. The molecule has 36 heavy (non-hydrogen) atoms. The van der Waals surface area contributed by atoms with E-state index in [-0.39, 0.29) is 31.4 Å². The minimum Gasteiger partial charge on any atom is -0.484 e. The molecule has 0 bridgehead atoms. The summed E-state index contributed by atoms with van der Waals surface area (Å²) in [6, 6.07) is 24.6. The van der Waals surface area contributed by atoms with Crippen LogP contribution in [-0.4, -0.2) is 37.3 Å². The lowest BCUT2D eigenvalue weighted by Crippen LogP contribution is -2.33. The summed E-state index contributed by atoms with van der Waals surface area (Å²) >= 11 is 0. The topological polar surface area (TPSA) is 118 Å². The quantitative estimate of drug-likeness (QED) is 0.278. The lowest BCUT2D eigenvalue weighted by atomic mass is 10.0. The Morgan fingerprint density at radius 2 is 1.56 bits per heavy atom. The molecule has 1 atom stereocenters. The molecule has 0 fully saturated rings. The van der Waals surface area contributed by atoms with Crippen LogP contribution in [0.5, 0.6) is 5.75 Å². The van der Waals surface area contributed by atoms with E-state index < -0.39 is 12.1 Å². The molecule has 0 aliphatic rings. The van der Waals surface area contributed by atoms with Gasteiger partial charge < -0.3 is 20.1 Å². The van der Waals surface area contributed by atoms with Crippen molar-refractivity contribution in [2.75, 3.05) is 18.5 Å². The van der Waals surface area contributed by atoms with Crippen LogP contribution < -0.4 is 20.8 Å². The number of carbonyl (C=O) groups is 3. The highest BCUT2D eigenvalue weighted by Gasteiger charge is 2.18. The zero-order valence-electron chi connectivity index (χ0n) is 19.8. The van der Waals surface area contributed by atoms with Gasteiger partial charge in [-0.05, 0) is 54.4 Å². The number of carbonyl (C=O) groups excluding carboxylic acids is 3. The summed E-state index contributed by atoms with van der Waals surface area (Å²) in [5.74, 6) is -0.114. The minimum atomic E-state index is -0.595. The molecule has 0 unspecified atom stereocenters. The zero-order valence-corrected chi connectivity index (χ0v) is 19.8. The van der Waals surface area contributed by atoms with Crippen molar-refractivity contribution in [2.45, 2.75) is 19.4 Å². The fourth-order valence-corrected chi connectivity index (χ4v) is 3.18. The summed E-state index contributed by atoms with van der Waals surface area (Å²) < 4.78 is 10.4. The second-order valence-electron chi connectivity index (χ2n) is 7.60. The van der Waals surface area contributed by atoms with Gasteiger partial charge in [0.05, 0.1) is 25.3 Å². The molecule has 0 saturated carbocycles. The first-order valence-corrected chi connectivity index (χ1v) is 11.4. The Kier molecular flexibility index (Phi) is 10.0. The molecule has 9 heteroatoms. The lowest BCUT2D eigenvalue weighted by molar-refractivity contribution is -0.121. The lowest BCUT2D eigenvalue weighted by Gasteiger charge is -2.18. The minimum absolute atomic E-state index is 0.0159. The molecule has 9 nitrogen and oxygen atoms in total. The van der Waals surface area contributed by atoms with Gasteiger partial charge in [0, 0.05) is 5.69 Å². The Labute approximate surface area is 209 Å². The number of rotatable bonds is 11. The van der Waals surface area contributed by atoms with E-state index >= 15 is 0 Å². The monoisotopic (exact) mass is 488 g/mol. The predicted molar refractivity (Wildman–Crippen MR) is 137 cm³/mol. The smallest absolute Gasteiger partial charge is 0.407 e. The molecule has 3 rings (SSSR count). The molecule has 0 heterocycles. The summed E-state index contributed by atoms with van der Waals surface area (Å²) in [5.41, 5.74) is 4.67. The highest BCUT2D eigenvalue weighted by molar-refractivity contribution is 5.91. The first kappa shape index (κ1) is 26.0. The van der Waals surface area contributed by atoms with Gasteiger partial charge in [-0.15, -0.1) is 0 Å². The van der Waals surface area contributed by atoms with E-state index in [0.29, 0.717) is 11.4 Å². The molecule has 0 aliphatic heterocycles. The van der Waals surface area contributed by atoms with Crippen LogP contribution in [0.15, 0.2) is 90.0 Å². The number of alkyl carbamates (subject to hydrolysis) is 1. The summed E-state index contributed by atoms with van der Waals surface area (Å²) in [5, 5.41) is 9.42. The fourth-order valence-electron chi connectivity index (χ4n) is 3.18. The van der Waals surface area contributed by atoms with Crippen LogP contribution in [0.25, 0.3) is 0 Å². The molecule has 3 aromatic rings. The van der Waals surface area contributed by atoms with Crippen molar-refractivity contribution < 1.29 is 23.9 Å². The van der Waals surface area contributed by atoms with Crippen LogP contribution in [0.1, 0.15) is 30.5 Å². The molecule has 186 valence electrons. The van der Waals surface area contributed by atoms with Gasteiger partial charge in [-0.1, -0.05) is 48.5 Å². The van der Waals surface area contributed by atoms with E-state index in [1.54, 1.807) is 43.3 Å². The number of nitrogens with one attached hydrogen (secondary N) is 3. The predicted octanol–water partition coefficient (Wildman–Crippen LogP) is 4.03. The van der Waals surface area contributed by atoms with Crippen LogP contribution in [0.3, 0.4) is 0 Å². The molecule has 3 N–H and O–H groups in total. The van der Waals surface area contributed by atoms with Gasteiger partial charge in [-0.2, -0.15) is 5.10 Å². The number of hydrogen-bond donors (Lipinski definition) is 3. The van der Waals surface area contributed by atoms with Crippen molar-refractivity contribution >= 4 is 29.8 Å². The van der Waals surface area contributed by atoms with E-state index in [1.165, 1.54) is 6.21 Å². The van der Waals surface area contributed by atoms with Gasteiger partial charge >= 0.3 is 6.09 Å². The Morgan fingerprint density at radius 3 is 2.22 bits per heavy atom. The first-order valence-electron chi connectivity index (χ1n) is 11.4. The number of hydrogen-bond acceptors (Lipinski definition) is 6. The van der Waals surface area contributed by atoms with Crippen LogP contribution in [-0.2, 0) is 14.3 Å². The van der Waals surface area contributed by atoms with Crippen molar-refractivity contribution in [3.8, 4) is 5.75 Å². The number of ether oxygens (including phenoxy) is 2. The average Bonchev–Trinajstić information content (AvgIpc) is 2.89. The summed E-state index contributed by atoms with van der Waals surface area (Å²) in [4.78, 5) is 36.3. The third-order valence-corrected chi connectivity index (χ3v) is 4.87. The number of hydrazone groups is 1. The molecule has 0 spiro atoms. The van der Waals surface area contributed by atoms with Crippen LogP contribution in [0.4, 0.5) is 10.5 Å². The average molecular weight is 489 g/mol. The Balaban J connectivity index is 1.46. The van der Waals surface area contributed by atoms with Crippen molar-refractivity contribution in [1.82, 2.24) is 10.7 Å². The van der Waals surface area contributed by atoms with Gasteiger partial charge in [-0.3, -0.25) is 9.59 Å². The number of para-hydroxylation sites is 1. The maximum Gasteiger partial charge on any atom is 0.407 e. The zero-order chi connectivity index (χ0) is 25.6. The number of nitrogens with zero attached hydrogens (tertiary/aromatic N) is 1. The van der Waals surface area contributed by atoms with E-state index in [0.717, 1.165) is 11.1 Å². The summed E-state index contributed by atoms with van der Waals surface area (Å²) in [6.07, 6.45) is 0.875. The highest BCUT2D eigenvalue weighted by Crippen LogP contribution is 2.17. The third kappa shape index (κ3) is 8.94. The van der Waals surface area contributed by atoms with Gasteiger partial charge in [0.1, 0.15) is 5.75 Å². The maximum atomic E-state index is 12.4. The van der Waals surface area contributed by atoms with Crippen molar-refractivity contribution in [1.29, 1.82) is 0 Å². The molecular formula is C27H28N4O5. The molecule has 0 saturated heterocycles. The maximum absolute atomic E-state index is 12.4. The molecule has 3 amide bonds. The Hall–Kier alpha value is -4.66. The van der Waals surface area contributed by atoms with Crippen molar-refractivity contribution in [3.05, 3.63) is 96.1 Å². The molecule has 0 radical (unpaired) electrons. The van der Waals surface area contributed by atoms with Crippen LogP contribution >= 0.6 is 0 Å². The van der Waals surface area contributed by atoms with Crippen LogP contribution in [0.2, 0.25) is 0 Å². The largest absolute Gasteiger partial charge is 0.484 e. The number of benzene rings is 3. The molecular weight excluding hydrogens is 460 g/mol. The SMILES string of the molecule is CCOC(=O)N[C@@H](CC(=O)N/N=C\c1ccc(OCC(=O)Nc2ccccc2)cc1)c1ccccc1. The van der Waals surface area contributed by atoms with E-state index in [4.69, 9.17) is 9.47 Å². The Bertz CT molecular complexity index is 1150. The highest BCUT2D eigenvalue weighted by atomic mass is 16.5. The van der Waals surface area contributed by atoms with Gasteiger partial charge in [-0.25, -0.2) is 10.2 Å². The van der Waals surface area contributed by atoms with Gasteiger partial charge in [0.15, 0.2) is 6.61 Å². The number of amides is 3. The van der Waals surface area contributed by atoms with Gasteiger partial charge in [0.25, 0.3) is 5.91 Å². The third-order valence-electron chi connectivity index (χ3n) is 4.87. The van der Waals surface area contributed by atoms with Gasteiger partial charge in [0.2, 0.25) is 5.91 Å². The molecule has 3 aromatic carbocycles. The second kappa shape index (κ2) is 13.9. The van der Waals surface area contributed by atoms with E-state index in [2.05, 4.69) is 21.2 Å². The van der Waals surface area contributed by atoms with Crippen molar-refractivity contribution in [3.63, 3.8) is 0 Å². The fraction of sp³-hybridized carbons (Fsp3) is 0.185. The Morgan fingerprint density at radius 1 is 0.889 bits per heavy atom. The van der Waals surface area contributed by atoms with Crippen molar-refractivity contribution in [2.24, 2.45) is 5.10 Å². The number of anilines is 1. The standard InChI is InChI=1S/C27H28N4O5/c1-2-35-27(34)30-24(21-9-5-3-6-10-21)17-25(32)31-28-18-20-13-15-23(16-14-20)36-19-26(33)29-22-11-7-4-8-12-22/h3-16,18,24H,2,17,19H2,1H3,(H,29,33)(H,30,34)(H,31,32)/b28-18-/t24-/m0/s1. The van der Waals surface area contributed by atoms with Crippen LogP contribution in [0, 0.1) is 0 Å². The second-order valence-corrected chi connectivity index (χ2v) is 7.60. The van der Waals surface area contributed by atoms with E-state index in [1.807, 2.05) is 48.5 Å². The first-order chi connectivity index (χ1) is 17.5. The van der Waals surface area contributed by atoms with E-state index in [9.17, 15) is 14.4 Å². The molecule has 0 aromatic heterocycles. The summed E-state index contributed by atoms with van der Waals surface area (Å²) in [6.45, 7) is 1.81.